The Balaban J connectivity index is 1.86. The van der Waals surface area contributed by atoms with Crippen LogP contribution in [-0.4, -0.2) is 38.5 Å². The van der Waals surface area contributed by atoms with Crippen LogP contribution < -0.4 is 23.7 Å². The zero-order valence-corrected chi connectivity index (χ0v) is 23.8. The summed E-state index contributed by atoms with van der Waals surface area (Å²) < 4.78 is 43.1. The molecule has 0 saturated carbocycles. The molecule has 4 aromatic rings. The van der Waals surface area contributed by atoms with Crippen molar-refractivity contribution in [3.05, 3.63) is 76.8 Å². The molecule has 0 amide bonds. The maximum absolute atomic E-state index is 13.9. The zero-order chi connectivity index (χ0) is 27.2. The van der Waals surface area contributed by atoms with Crippen molar-refractivity contribution in [3.63, 3.8) is 0 Å². The van der Waals surface area contributed by atoms with E-state index in [1.165, 1.54) is 21.1 Å². The normalized spacial score (nSPS) is 11.6. The van der Waals surface area contributed by atoms with Gasteiger partial charge in [0.1, 0.15) is 5.75 Å². The molecule has 4 rings (SSSR count). The summed E-state index contributed by atoms with van der Waals surface area (Å²) >= 11 is 1.87. The van der Waals surface area contributed by atoms with Crippen molar-refractivity contribution < 1.29 is 33.0 Å². The summed E-state index contributed by atoms with van der Waals surface area (Å²) in [5.74, 6) is 1.18. The molecule has 0 heterocycles. The molecule has 0 aliphatic heterocycles. The maximum atomic E-state index is 13.9. The Morgan fingerprint density at radius 2 is 1.47 bits per heavy atom. The summed E-state index contributed by atoms with van der Waals surface area (Å²) in [6, 6.07) is 20.3. The van der Waals surface area contributed by atoms with E-state index in [0.717, 1.165) is 11.3 Å². The standard InChI is InChI=1S/C29H27BrO7S/c1-18(31)37-27-25-21(8-7-11-24(25)38(32)23-10-6-5-9-22(23)30)26(28(34-3)29(27)35-4)36-17-16-19-12-14-20(33-2)15-13-19/h5-15H,16-17H2,1-4H3. The van der Waals surface area contributed by atoms with Gasteiger partial charge in [0.15, 0.2) is 21.3 Å². The highest BCUT2D eigenvalue weighted by molar-refractivity contribution is 9.10. The Morgan fingerprint density at radius 3 is 2.11 bits per heavy atom. The van der Waals surface area contributed by atoms with Gasteiger partial charge in [0.05, 0.1) is 37.8 Å². The van der Waals surface area contributed by atoms with E-state index < -0.39 is 17.1 Å². The predicted molar refractivity (Wildman–Crippen MR) is 149 cm³/mol. The molecule has 0 radical (unpaired) electrons. The molecule has 4 aromatic carbocycles. The second kappa shape index (κ2) is 12.4. The molecule has 0 spiro atoms. The Morgan fingerprint density at radius 1 is 0.816 bits per heavy atom. The molecule has 0 aliphatic carbocycles. The molecule has 0 aliphatic rings. The second-order valence-corrected chi connectivity index (χ2v) is 10.4. The molecule has 0 fully saturated rings. The molecule has 0 bridgehead atoms. The molecule has 0 saturated heterocycles. The lowest BCUT2D eigenvalue weighted by Crippen LogP contribution is -2.10. The highest BCUT2D eigenvalue weighted by atomic mass is 79.9. The molecule has 9 heteroatoms. The fourth-order valence-corrected chi connectivity index (χ4v) is 6.08. The molecule has 38 heavy (non-hydrogen) atoms. The van der Waals surface area contributed by atoms with Gasteiger partial charge in [-0.3, -0.25) is 4.79 Å². The fourth-order valence-electron chi connectivity index (χ4n) is 4.08. The molecule has 198 valence electrons. The minimum absolute atomic E-state index is 0.116. The van der Waals surface area contributed by atoms with Crippen LogP contribution in [0, 0.1) is 0 Å². The number of halogens is 1. The lowest BCUT2D eigenvalue weighted by atomic mass is 10.1. The number of rotatable bonds is 10. The summed E-state index contributed by atoms with van der Waals surface area (Å²) in [6.07, 6.45) is 0.616. The average Bonchev–Trinajstić information content (AvgIpc) is 2.93. The number of ether oxygens (including phenoxy) is 5. The SMILES string of the molecule is COc1ccc(CCOc2c(OC)c(OC)c(OC(C)=O)c3c([S+]([O-])c4ccccc4Br)cccc23)cc1. The second-order valence-electron chi connectivity index (χ2n) is 8.14. The third-order valence-corrected chi connectivity index (χ3v) is 8.25. The predicted octanol–water partition coefficient (Wildman–Crippen LogP) is 6.34. The smallest absolute Gasteiger partial charge is 0.308 e. The van der Waals surface area contributed by atoms with Crippen LogP contribution in [0.2, 0.25) is 0 Å². The Hall–Kier alpha value is -3.40. The summed E-state index contributed by atoms with van der Waals surface area (Å²) in [6.45, 7) is 1.62. The van der Waals surface area contributed by atoms with Crippen molar-refractivity contribution in [2.24, 2.45) is 0 Å². The van der Waals surface area contributed by atoms with Crippen LogP contribution in [0.25, 0.3) is 10.8 Å². The summed E-state index contributed by atoms with van der Waals surface area (Å²) in [5, 5.41) is 1.01. The fraction of sp³-hybridized carbons (Fsp3) is 0.207. The topological polar surface area (TPSA) is 86.3 Å². The summed E-state index contributed by atoms with van der Waals surface area (Å²) in [5.41, 5.74) is 1.06. The van der Waals surface area contributed by atoms with Crippen LogP contribution in [0.4, 0.5) is 0 Å². The van der Waals surface area contributed by atoms with Crippen molar-refractivity contribution in [3.8, 4) is 28.7 Å². The van der Waals surface area contributed by atoms with Gasteiger partial charge in [0, 0.05) is 29.9 Å². The molecule has 7 nitrogen and oxygen atoms in total. The van der Waals surface area contributed by atoms with E-state index >= 15 is 0 Å². The molecule has 1 atom stereocenters. The van der Waals surface area contributed by atoms with Gasteiger partial charge in [0.25, 0.3) is 0 Å². The first-order valence-corrected chi connectivity index (χ1v) is 13.6. The minimum Gasteiger partial charge on any atom is -0.606 e. The number of methoxy groups -OCH3 is 3. The van der Waals surface area contributed by atoms with Crippen LogP contribution in [0.3, 0.4) is 0 Å². The van der Waals surface area contributed by atoms with E-state index in [9.17, 15) is 9.35 Å². The van der Waals surface area contributed by atoms with E-state index in [1.807, 2.05) is 48.5 Å². The highest BCUT2D eigenvalue weighted by Crippen LogP contribution is 2.53. The Kier molecular flexibility index (Phi) is 9.04. The van der Waals surface area contributed by atoms with Crippen molar-refractivity contribution in [1.29, 1.82) is 0 Å². The number of hydrogen-bond donors (Lipinski definition) is 0. The maximum Gasteiger partial charge on any atom is 0.308 e. The monoisotopic (exact) mass is 598 g/mol. The van der Waals surface area contributed by atoms with Crippen LogP contribution in [0.5, 0.6) is 28.7 Å². The van der Waals surface area contributed by atoms with Crippen LogP contribution in [0.15, 0.2) is 81.0 Å². The zero-order valence-electron chi connectivity index (χ0n) is 21.4. The Bertz CT molecular complexity index is 1440. The molecule has 1 unspecified atom stereocenters. The van der Waals surface area contributed by atoms with E-state index in [0.29, 0.717) is 43.8 Å². The van der Waals surface area contributed by atoms with Crippen LogP contribution in [0.1, 0.15) is 12.5 Å². The van der Waals surface area contributed by atoms with E-state index in [1.54, 1.807) is 25.3 Å². The molecule has 0 N–H and O–H groups in total. The number of fused-ring (bicyclic) bond motifs is 1. The lowest BCUT2D eigenvalue weighted by molar-refractivity contribution is -0.131. The molecule has 0 aromatic heterocycles. The Labute approximate surface area is 232 Å². The number of hydrogen-bond acceptors (Lipinski definition) is 7. The first kappa shape index (κ1) is 27.6. The lowest BCUT2D eigenvalue weighted by Gasteiger charge is -2.22. The first-order valence-electron chi connectivity index (χ1n) is 11.7. The summed E-state index contributed by atoms with van der Waals surface area (Å²) in [7, 11) is 4.56. The van der Waals surface area contributed by atoms with Gasteiger partial charge in [0.2, 0.25) is 11.5 Å². The van der Waals surface area contributed by atoms with Gasteiger partial charge in [-0.2, -0.15) is 0 Å². The molecular weight excluding hydrogens is 572 g/mol. The van der Waals surface area contributed by atoms with Crippen molar-refractivity contribution in [2.45, 2.75) is 23.1 Å². The number of benzene rings is 4. The number of carbonyl (C=O) groups excluding carboxylic acids is 1. The number of esters is 1. The van der Waals surface area contributed by atoms with E-state index in [4.69, 9.17) is 23.7 Å². The summed E-state index contributed by atoms with van der Waals surface area (Å²) in [4.78, 5) is 13.2. The van der Waals surface area contributed by atoms with Gasteiger partial charge in [-0.15, -0.1) is 0 Å². The van der Waals surface area contributed by atoms with Crippen molar-refractivity contribution in [2.75, 3.05) is 27.9 Å². The van der Waals surface area contributed by atoms with Crippen LogP contribution >= 0.6 is 15.9 Å². The third kappa shape index (κ3) is 5.70. The van der Waals surface area contributed by atoms with Crippen molar-refractivity contribution in [1.82, 2.24) is 0 Å². The van der Waals surface area contributed by atoms with Gasteiger partial charge in [-0.25, -0.2) is 0 Å². The van der Waals surface area contributed by atoms with Gasteiger partial charge in [-0.05, 0) is 57.9 Å². The van der Waals surface area contributed by atoms with Crippen molar-refractivity contribution >= 4 is 43.8 Å². The third-order valence-electron chi connectivity index (χ3n) is 5.80. The van der Waals surface area contributed by atoms with Crippen LogP contribution in [-0.2, 0) is 22.4 Å². The van der Waals surface area contributed by atoms with E-state index in [2.05, 4.69) is 15.9 Å². The molecular formula is C29H27BrO7S. The number of carbonyl (C=O) groups is 1. The average molecular weight is 599 g/mol. The van der Waals surface area contributed by atoms with Gasteiger partial charge >= 0.3 is 5.97 Å². The minimum atomic E-state index is -1.63. The first-order chi connectivity index (χ1) is 18.4. The largest absolute Gasteiger partial charge is 0.606 e. The van der Waals surface area contributed by atoms with Gasteiger partial charge < -0.3 is 28.2 Å². The van der Waals surface area contributed by atoms with E-state index in [-0.39, 0.29) is 17.2 Å². The highest BCUT2D eigenvalue weighted by Gasteiger charge is 2.31. The van der Waals surface area contributed by atoms with Gasteiger partial charge in [-0.1, -0.05) is 30.3 Å². The quantitative estimate of drug-likeness (QED) is 0.119.